The Morgan fingerprint density at radius 2 is 0.947 bits per heavy atom. The van der Waals surface area contributed by atoms with Crippen molar-refractivity contribution in [1.82, 2.24) is 9.80 Å². The fraction of sp³-hybridized carbons (Fsp3) is 0.818. The van der Waals surface area contributed by atoms with Crippen LogP contribution in [0.15, 0.2) is 0 Å². The first kappa shape index (κ1) is 17.8. The van der Waals surface area contributed by atoms with E-state index in [1.165, 1.54) is 38.2 Å². The van der Waals surface area contributed by atoms with Crippen LogP contribution in [-0.4, -0.2) is 77.0 Å². The monoisotopic (exact) mass is 278 g/mol. The van der Waals surface area contributed by atoms with E-state index in [2.05, 4.69) is 0 Å². The van der Waals surface area contributed by atoms with Crippen molar-refractivity contribution in [3.8, 4) is 0 Å². The molecule has 0 aromatic rings. The molecule has 8 nitrogen and oxygen atoms in total. The van der Waals surface area contributed by atoms with Gasteiger partial charge in [-0.25, -0.2) is 0 Å². The normalized spacial score (nSPS) is 10.3. The van der Waals surface area contributed by atoms with E-state index in [-0.39, 0.29) is 45.2 Å². The van der Waals surface area contributed by atoms with E-state index in [9.17, 15) is 9.59 Å². The molecule has 0 spiro atoms. The molecule has 0 rings (SSSR count). The summed E-state index contributed by atoms with van der Waals surface area (Å²) >= 11 is 0. The van der Waals surface area contributed by atoms with Gasteiger partial charge in [0, 0.05) is 28.4 Å². The number of amides is 2. The largest absolute Gasteiger partial charge is 0.364 e. The molecular weight excluding hydrogens is 256 g/mol. The summed E-state index contributed by atoms with van der Waals surface area (Å²) in [6.45, 7) is 0.256. The molecule has 0 atom stereocenters. The Labute approximate surface area is 113 Å². The number of rotatable bonds is 10. The number of methoxy groups -OCH3 is 4. The molecule has 19 heavy (non-hydrogen) atoms. The third-order valence-electron chi connectivity index (χ3n) is 2.15. The third-order valence-corrected chi connectivity index (χ3v) is 2.15. The van der Waals surface area contributed by atoms with Crippen LogP contribution >= 0.6 is 0 Å². The number of ether oxygens (including phenoxy) is 4. The van der Waals surface area contributed by atoms with E-state index in [0.29, 0.717) is 0 Å². The summed E-state index contributed by atoms with van der Waals surface area (Å²) in [5, 5.41) is 0. The first-order chi connectivity index (χ1) is 9.10. The average molecular weight is 278 g/mol. The van der Waals surface area contributed by atoms with Gasteiger partial charge in [0.15, 0.2) is 0 Å². The van der Waals surface area contributed by atoms with Crippen molar-refractivity contribution in [1.29, 1.82) is 0 Å². The number of carbonyl (C=O) groups is 2. The highest BCUT2D eigenvalue weighted by Crippen LogP contribution is 2.01. The van der Waals surface area contributed by atoms with E-state index in [4.69, 9.17) is 18.9 Å². The predicted octanol–water partition coefficient (Wildman–Crippen LogP) is -0.551. The lowest BCUT2D eigenvalue weighted by molar-refractivity contribution is -0.152. The highest BCUT2D eigenvalue weighted by atomic mass is 16.5. The molecule has 8 heteroatoms. The third kappa shape index (κ3) is 7.06. The van der Waals surface area contributed by atoms with Gasteiger partial charge in [-0.05, 0) is 0 Å². The topological polar surface area (TPSA) is 77.5 Å². The van der Waals surface area contributed by atoms with Gasteiger partial charge in [0.05, 0.1) is 0 Å². The number of carbonyl (C=O) groups excluding carboxylic acids is 2. The van der Waals surface area contributed by atoms with Crippen LogP contribution in [0.4, 0.5) is 0 Å². The molecule has 0 aromatic carbocycles. The van der Waals surface area contributed by atoms with Crippen LogP contribution in [0.3, 0.4) is 0 Å². The second kappa shape index (κ2) is 10.7. The Bertz CT molecular complexity index is 236. The van der Waals surface area contributed by atoms with Crippen LogP contribution in [-0.2, 0) is 28.5 Å². The van der Waals surface area contributed by atoms with Crippen molar-refractivity contribution in [2.24, 2.45) is 0 Å². The fourth-order valence-electron chi connectivity index (χ4n) is 1.34. The van der Waals surface area contributed by atoms with Gasteiger partial charge in [-0.1, -0.05) is 0 Å². The second-order valence-electron chi connectivity index (χ2n) is 3.72. The van der Waals surface area contributed by atoms with E-state index in [0.717, 1.165) is 0 Å². The molecule has 0 saturated heterocycles. The van der Waals surface area contributed by atoms with Crippen LogP contribution in [0, 0.1) is 0 Å². The summed E-state index contributed by atoms with van der Waals surface area (Å²) in [5.74, 6) is -0.767. The quantitative estimate of drug-likeness (QED) is 0.394. The van der Waals surface area contributed by atoms with Crippen LogP contribution in [0.2, 0.25) is 0 Å². The van der Waals surface area contributed by atoms with Crippen LogP contribution in [0.1, 0.15) is 6.42 Å². The Kier molecular flexibility index (Phi) is 9.99. The lowest BCUT2D eigenvalue weighted by atomic mass is 10.3. The highest BCUT2D eigenvalue weighted by Gasteiger charge is 2.21. The highest BCUT2D eigenvalue weighted by molar-refractivity contribution is 5.96. The van der Waals surface area contributed by atoms with Crippen LogP contribution in [0.25, 0.3) is 0 Å². The van der Waals surface area contributed by atoms with Gasteiger partial charge < -0.3 is 18.9 Å². The first-order valence-corrected chi connectivity index (χ1v) is 5.62. The average Bonchev–Trinajstić information content (AvgIpc) is 2.38. The smallest absolute Gasteiger partial charge is 0.235 e. The molecule has 0 N–H and O–H groups in total. The van der Waals surface area contributed by atoms with Crippen molar-refractivity contribution in [2.75, 3.05) is 55.4 Å². The summed E-state index contributed by atoms with van der Waals surface area (Å²) in [5.41, 5.74) is 0. The lowest BCUT2D eigenvalue weighted by Gasteiger charge is -2.23. The van der Waals surface area contributed by atoms with Crippen LogP contribution in [0.5, 0.6) is 0 Å². The molecule has 0 heterocycles. The molecule has 0 unspecified atom stereocenters. The van der Waals surface area contributed by atoms with Crippen molar-refractivity contribution >= 4 is 11.8 Å². The molecule has 0 aromatic heterocycles. The molecular formula is C11H22N2O6. The fourth-order valence-corrected chi connectivity index (χ4v) is 1.34. The number of nitrogens with zero attached hydrogens (tertiary/aromatic N) is 2. The molecule has 0 aliphatic heterocycles. The standard InChI is InChI=1S/C11H22N2O6/c1-16-6-12(7-17-2)10(14)5-11(15)13(8-18-3)9-19-4/h5-9H2,1-4H3. The molecule has 0 saturated carbocycles. The first-order valence-electron chi connectivity index (χ1n) is 5.62. The maximum absolute atomic E-state index is 11.9. The predicted molar refractivity (Wildman–Crippen MR) is 65.8 cm³/mol. The van der Waals surface area contributed by atoms with Gasteiger partial charge in [-0.15, -0.1) is 0 Å². The van der Waals surface area contributed by atoms with Gasteiger partial charge >= 0.3 is 0 Å². The van der Waals surface area contributed by atoms with E-state index in [1.54, 1.807) is 0 Å². The Morgan fingerprint density at radius 1 is 0.684 bits per heavy atom. The Morgan fingerprint density at radius 3 is 1.16 bits per heavy atom. The zero-order valence-corrected chi connectivity index (χ0v) is 11.9. The molecule has 0 bridgehead atoms. The minimum atomic E-state index is -0.383. The molecule has 0 fully saturated rings. The maximum atomic E-state index is 11.9. The molecule has 112 valence electrons. The molecule has 0 radical (unpaired) electrons. The SMILES string of the molecule is COCN(COC)C(=O)CC(=O)N(COC)COC. The summed E-state index contributed by atoms with van der Waals surface area (Å²) < 4.78 is 19.5. The summed E-state index contributed by atoms with van der Waals surface area (Å²) in [6.07, 6.45) is -0.292. The Balaban J connectivity index is 4.43. The zero-order valence-electron chi connectivity index (χ0n) is 11.9. The second-order valence-corrected chi connectivity index (χ2v) is 3.72. The molecule has 0 aliphatic rings. The van der Waals surface area contributed by atoms with E-state index in [1.807, 2.05) is 0 Å². The van der Waals surface area contributed by atoms with Gasteiger partial charge in [-0.3, -0.25) is 19.4 Å². The van der Waals surface area contributed by atoms with Crippen molar-refractivity contribution in [3.63, 3.8) is 0 Å². The number of hydrogen-bond donors (Lipinski definition) is 0. The van der Waals surface area contributed by atoms with E-state index < -0.39 is 0 Å². The van der Waals surface area contributed by atoms with Crippen LogP contribution < -0.4 is 0 Å². The lowest BCUT2D eigenvalue weighted by Crippen LogP contribution is -2.41. The summed E-state index contributed by atoms with van der Waals surface area (Å²) in [7, 11) is 5.83. The zero-order chi connectivity index (χ0) is 14.7. The van der Waals surface area contributed by atoms with Gasteiger partial charge in [0.1, 0.15) is 33.3 Å². The number of hydrogen-bond acceptors (Lipinski definition) is 6. The summed E-state index contributed by atoms with van der Waals surface area (Å²) in [6, 6.07) is 0. The maximum Gasteiger partial charge on any atom is 0.235 e. The van der Waals surface area contributed by atoms with Gasteiger partial charge in [0.2, 0.25) is 11.8 Å². The molecule has 0 aliphatic carbocycles. The Hall–Kier alpha value is -1.22. The van der Waals surface area contributed by atoms with Gasteiger partial charge in [-0.2, -0.15) is 0 Å². The summed E-state index contributed by atoms with van der Waals surface area (Å²) in [4.78, 5) is 26.3. The van der Waals surface area contributed by atoms with Crippen molar-refractivity contribution in [3.05, 3.63) is 0 Å². The van der Waals surface area contributed by atoms with E-state index >= 15 is 0 Å². The molecule has 2 amide bonds. The minimum absolute atomic E-state index is 0.0640. The minimum Gasteiger partial charge on any atom is -0.364 e. The van der Waals surface area contributed by atoms with Gasteiger partial charge in [0.25, 0.3) is 0 Å². The van der Waals surface area contributed by atoms with Crippen molar-refractivity contribution in [2.45, 2.75) is 6.42 Å². The van der Waals surface area contributed by atoms with Crippen molar-refractivity contribution < 1.29 is 28.5 Å².